The van der Waals surface area contributed by atoms with E-state index in [1.807, 2.05) is 29.2 Å². The average Bonchev–Trinajstić information content (AvgIpc) is 2.77. The van der Waals surface area contributed by atoms with E-state index < -0.39 is 12.6 Å². The number of hydrogen-bond donors (Lipinski definition) is 2. The number of ether oxygens (including phenoxy) is 2. The van der Waals surface area contributed by atoms with Gasteiger partial charge in [0.15, 0.2) is 6.61 Å². The van der Waals surface area contributed by atoms with E-state index in [0.717, 1.165) is 37.2 Å². The van der Waals surface area contributed by atoms with Crippen LogP contribution >= 0.6 is 0 Å². The maximum absolute atomic E-state index is 13.3. The van der Waals surface area contributed by atoms with E-state index in [1.165, 1.54) is 0 Å². The Labute approximate surface area is 170 Å². The third-order valence-corrected chi connectivity index (χ3v) is 4.99. The topological polar surface area (TPSA) is 88.1 Å². The number of carbonyl (C=O) groups is 2. The molecule has 0 unspecified atom stereocenters. The van der Waals surface area contributed by atoms with Crippen molar-refractivity contribution >= 4 is 11.9 Å². The summed E-state index contributed by atoms with van der Waals surface area (Å²) < 4.78 is 10.4. The highest BCUT2D eigenvalue weighted by molar-refractivity contribution is 5.94. The van der Waals surface area contributed by atoms with Crippen LogP contribution in [0.3, 0.4) is 0 Å². The van der Waals surface area contributed by atoms with Crippen molar-refractivity contribution < 1.29 is 24.2 Å². The molecule has 1 amide bonds. The van der Waals surface area contributed by atoms with Crippen LogP contribution in [0.15, 0.2) is 48.5 Å². The van der Waals surface area contributed by atoms with E-state index in [4.69, 9.17) is 14.6 Å². The fourth-order valence-electron chi connectivity index (χ4n) is 3.42. The lowest BCUT2D eigenvalue weighted by molar-refractivity contribution is -0.139. The number of amides is 1. The Balaban J connectivity index is 1.76. The first-order valence-corrected chi connectivity index (χ1v) is 9.66. The van der Waals surface area contributed by atoms with Crippen molar-refractivity contribution in [2.24, 2.45) is 0 Å². The number of rotatable bonds is 8. The Hall–Kier alpha value is -3.06. The number of carboxylic acid groups (broad SMARTS) is 1. The van der Waals surface area contributed by atoms with Crippen molar-refractivity contribution in [1.82, 2.24) is 10.2 Å². The third-order valence-electron chi connectivity index (χ3n) is 4.99. The molecule has 0 aromatic heterocycles. The molecule has 154 valence electrons. The first kappa shape index (κ1) is 20.7. The Morgan fingerprint density at radius 1 is 1.03 bits per heavy atom. The predicted molar refractivity (Wildman–Crippen MR) is 108 cm³/mol. The maximum atomic E-state index is 13.3. The van der Waals surface area contributed by atoms with Gasteiger partial charge in [-0.05, 0) is 67.9 Å². The van der Waals surface area contributed by atoms with Crippen molar-refractivity contribution in [1.29, 1.82) is 0 Å². The minimum Gasteiger partial charge on any atom is -0.497 e. The van der Waals surface area contributed by atoms with Crippen LogP contribution in [-0.4, -0.2) is 54.7 Å². The van der Waals surface area contributed by atoms with Gasteiger partial charge < -0.3 is 24.8 Å². The number of carbonyl (C=O) groups excluding carboxylic acids is 1. The van der Waals surface area contributed by atoms with Crippen LogP contribution in [0.1, 0.15) is 28.8 Å². The zero-order valence-corrected chi connectivity index (χ0v) is 16.5. The van der Waals surface area contributed by atoms with Gasteiger partial charge in [-0.15, -0.1) is 0 Å². The summed E-state index contributed by atoms with van der Waals surface area (Å²) in [6.07, 6.45) is 1.81. The lowest BCUT2D eigenvalue weighted by Crippen LogP contribution is -2.45. The van der Waals surface area contributed by atoms with Gasteiger partial charge in [-0.25, -0.2) is 4.79 Å². The maximum Gasteiger partial charge on any atom is 0.341 e. The minimum absolute atomic E-state index is 0.0440. The van der Waals surface area contributed by atoms with Crippen LogP contribution in [0.25, 0.3) is 0 Å². The number of hydrogen-bond acceptors (Lipinski definition) is 5. The molecule has 1 aliphatic heterocycles. The zero-order valence-electron chi connectivity index (χ0n) is 16.5. The molecule has 1 fully saturated rings. The normalized spacial score (nSPS) is 14.2. The molecule has 2 aromatic carbocycles. The van der Waals surface area contributed by atoms with Crippen molar-refractivity contribution in [3.05, 3.63) is 59.7 Å². The first-order valence-electron chi connectivity index (χ1n) is 9.66. The molecule has 0 saturated carbocycles. The highest BCUT2D eigenvalue weighted by atomic mass is 16.5. The molecule has 2 N–H and O–H groups in total. The zero-order chi connectivity index (χ0) is 20.6. The molecule has 3 rings (SSSR count). The molecule has 29 heavy (non-hydrogen) atoms. The highest BCUT2D eigenvalue weighted by Crippen LogP contribution is 2.22. The molecule has 7 heteroatoms. The number of aliphatic carboxylic acids is 1. The molecule has 0 radical (unpaired) electrons. The predicted octanol–water partition coefficient (Wildman–Crippen LogP) is 2.55. The van der Waals surface area contributed by atoms with Crippen molar-refractivity contribution in [3.63, 3.8) is 0 Å². The second-order valence-electron chi connectivity index (χ2n) is 6.97. The SMILES string of the molecule is COc1ccc(CN(C(=O)c2ccc(OCC(=O)O)cc2)C2CCNCC2)cc1. The number of piperidine rings is 1. The number of carboxylic acids is 1. The number of nitrogens with one attached hydrogen (secondary N) is 1. The van der Waals surface area contributed by atoms with E-state index in [9.17, 15) is 9.59 Å². The molecule has 1 saturated heterocycles. The molecule has 1 heterocycles. The van der Waals surface area contributed by atoms with Gasteiger partial charge in [-0.1, -0.05) is 12.1 Å². The van der Waals surface area contributed by atoms with Gasteiger partial charge in [0.1, 0.15) is 11.5 Å². The standard InChI is InChI=1S/C22H26N2O5/c1-28-19-6-2-16(3-7-19)14-24(18-10-12-23-13-11-18)22(27)17-4-8-20(9-5-17)29-15-21(25)26/h2-9,18,23H,10-15H2,1H3,(H,25,26). The van der Waals surface area contributed by atoms with Gasteiger partial charge in [0.05, 0.1) is 7.11 Å². The number of nitrogens with zero attached hydrogens (tertiary/aromatic N) is 1. The monoisotopic (exact) mass is 398 g/mol. The van der Waals surface area contributed by atoms with E-state index in [1.54, 1.807) is 31.4 Å². The van der Waals surface area contributed by atoms with E-state index in [2.05, 4.69) is 5.32 Å². The van der Waals surface area contributed by atoms with Gasteiger partial charge in [0.25, 0.3) is 5.91 Å². The van der Waals surface area contributed by atoms with Crippen LogP contribution in [-0.2, 0) is 11.3 Å². The summed E-state index contributed by atoms with van der Waals surface area (Å²) in [6, 6.07) is 14.5. The number of methoxy groups -OCH3 is 1. The fraction of sp³-hybridized carbons (Fsp3) is 0.364. The summed E-state index contributed by atoms with van der Waals surface area (Å²) in [5.74, 6) is 0.122. The fourth-order valence-corrected chi connectivity index (χ4v) is 3.42. The Morgan fingerprint density at radius 3 is 2.24 bits per heavy atom. The molecule has 0 atom stereocenters. The van der Waals surface area contributed by atoms with Crippen molar-refractivity contribution in [2.45, 2.75) is 25.4 Å². The third kappa shape index (κ3) is 5.71. The summed E-state index contributed by atoms with van der Waals surface area (Å²) in [7, 11) is 1.63. The molecule has 0 spiro atoms. The molecule has 7 nitrogen and oxygen atoms in total. The van der Waals surface area contributed by atoms with Crippen molar-refractivity contribution in [2.75, 3.05) is 26.8 Å². The van der Waals surface area contributed by atoms with Crippen LogP contribution in [0, 0.1) is 0 Å². The second-order valence-corrected chi connectivity index (χ2v) is 6.97. The summed E-state index contributed by atoms with van der Waals surface area (Å²) in [4.78, 5) is 25.8. The molecule has 0 aliphatic carbocycles. The van der Waals surface area contributed by atoms with Gasteiger partial charge in [0.2, 0.25) is 0 Å². The number of benzene rings is 2. The van der Waals surface area contributed by atoms with Crippen molar-refractivity contribution in [3.8, 4) is 11.5 Å². The second kappa shape index (κ2) is 9.93. The molecule has 2 aromatic rings. The largest absolute Gasteiger partial charge is 0.497 e. The average molecular weight is 398 g/mol. The summed E-state index contributed by atoms with van der Waals surface area (Å²) in [5.41, 5.74) is 1.60. The quantitative estimate of drug-likeness (QED) is 0.711. The van der Waals surface area contributed by atoms with E-state index in [-0.39, 0.29) is 11.9 Å². The van der Waals surface area contributed by atoms with Gasteiger partial charge in [-0.3, -0.25) is 4.79 Å². The smallest absolute Gasteiger partial charge is 0.341 e. The first-order chi connectivity index (χ1) is 14.1. The van der Waals surface area contributed by atoms with Crippen LogP contribution in [0.5, 0.6) is 11.5 Å². The van der Waals surface area contributed by atoms with Crippen LogP contribution < -0.4 is 14.8 Å². The Morgan fingerprint density at radius 2 is 1.66 bits per heavy atom. The minimum atomic E-state index is -1.04. The molecular formula is C22H26N2O5. The summed E-state index contributed by atoms with van der Waals surface area (Å²) in [5, 5.41) is 12.0. The van der Waals surface area contributed by atoms with Crippen LogP contribution in [0.2, 0.25) is 0 Å². The lowest BCUT2D eigenvalue weighted by atomic mass is 10.0. The molecular weight excluding hydrogens is 372 g/mol. The van der Waals surface area contributed by atoms with Gasteiger partial charge in [0, 0.05) is 18.2 Å². The lowest BCUT2D eigenvalue weighted by Gasteiger charge is -2.35. The van der Waals surface area contributed by atoms with Crippen LogP contribution in [0.4, 0.5) is 0 Å². The summed E-state index contributed by atoms with van der Waals surface area (Å²) in [6.45, 7) is 1.88. The molecule has 1 aliphatic rings. The Bertz CT molecular complexity index is 814. The van der Waals surface area contributed by atoms with Gasteiger partial charge in [-0.2, -0.15) is 0 Å². The van der Waals surface area contributed by atoms with Gasteiger partial charge >= 0.3 is 5.97 Å². The summed E-state index contributed by atoms with van der Waals surface area (Å²) >= 11 is 0. The Kier molecular flexibility index (Phi) is 7.08. The van der Waals surface area contributed by atoms with E-state index >= 15 is 0 Å². The molecule has 0 bridgehead atoms. The van der Waals surface area contributed by atoms with E-state index in [0.29, 0.717) is 17.9 Å². The highest BCUT2D eigenvalue weighted by Gasteiger charge is 2.26.